The molecule has 1 N–H and O–H groups in total. The smallest absolute Gasteiger partial charge is 0.219 e. The lowest BCUT2D eigenvalue weighted by molar-refractivity contribution is -0.134. The number of amides is 1. The number of aromatic nitrogens is 2. The first-order valence-corrected chi connectivity index (χ1v) is 8.46. The lowest BCUT2D eigenvalue weighted by Crippen LogP contribution is -2.46. The Bertz CT molecular complexity index is 577. The second-order valence-electron chi connectivity index (χ2n) is 7.69. The van der Waals surface area contributed by atoms with Crippen molar-refractivity contribution in [2.24, 2.45) is 12.5 Å². The maximum absolute atomic E-state index is 11.9. The van der Waals surface area contributed by atoms with Crippen LogP contribution in [0.1, 0.15) is 38.8 Å². The van der Waals surface area contributed by atoms with E-state index in [2.05, 4.69) is 16.1 Å². The molecule has 0 saturated carbocycles. The molecule has 2 saturated heterocycles. The molecule has 6 nitrogen and oxygen atoms in total. The van der Waals surface area contributed by atoms with E-state index in [1.807, 2.05) is 29.7 Å². The summed E-state index contributed by atoms with van der Waals surface area (Å²) in [5.74, 6) is 0.0781. The Morgan fingerprint density at radius 1 is 1.39 bits per heavy atom. The van der Waals surface area contributed by atoms with Crippen LogP contribution in [-0.4, -0.2) is 62.4 Å². The van der Waals surface area contributed by atoms with E-state index in [0.717, 1.165) is 51.1 Å². The summed E-state index contributed by atoms with van der Waals surface area (Å²) in [5.41, 5.74) is 0.888. The number of aryl methyl sites for hydroxylation is 1. The highest BCUT2D eigenvalue weighted by Gasteiger charge is 2.52. The highest BCUT2D eigenvalue weighted by Crippen LogP contribution is 2.48. The fraction of sp³-hybridized carbons (Fsp3) is 0.765. The fourth-order valence-corrected chi connectivity index (χ4v) is 4.42. The third-order valence-electron chi connectivity index (χ3n) is 5.69. The van der Waals surface area contributed by atoms with Gasteiger partial charge in [-0.2, -0.15) is 5.10 Å². The molecular formula is C17H28N4O2. The van der Waals surface area contributed by atoms with E-state index in [-0.39, 0.29) is 17.9 Å². The van der Waals surface area contributed by atoms with E-state index in [4.69, 9.17) is 0 Å². The summed E-state index contributed by atoms with van der Waals surface area (Å²) in [5, 5.41) is 14.2. The summed E-state index contributed by atoms with van der Waals surface area (Å²) in [7, 11) is 1.94. The van der Waals surface area contributed by atoms with Crippen LogP contribution in [-0.2, 0) is 18.4 Å². The summed E-state index contributed by atoms with van der Waals surface area (Å²) in [6.07, 6.45) is 5.06. The number of aliphatic hydroxyl groups excluding tert-OH is 1. The van der Waals surface area contributed by atoms with E-state index >= 15 is 0 Å². The summed E-state index contributed by atoms with van der Waals surface area (Å²) < 4.78 is 1.84. The first kappa shape index (κ1) is 16.5. The van der Waals surface area contributed by atoms with Crippen molar-refractivity contribution in [2.45, 2.75) is 45.2 Å². The van der Waals surface area contributed by atoms with Gasteiger partial charge >= 0.3 is 0 Å². The van der Waals surface area contributed by atoms with E-state index in [9.17, 15) is 9.90 Å². The molecule has 6 heteroatoms. The molecule has 2 aliphatic heterocycles. The SMILES string of the molecule is CC(=O)N1CC2(CCN(Cc3ccn(C)n3)CC2)CC1(C)CO. The molecule has 1 atom stereocenters. The average molecular weight is 320 g/mol. The maximum Gasteiger partial charge on any atom is 0.219 e. The number of nitrogens with zero attached hydrogens (tertiary/aromatic N) is 4. The minimum Gasteiger partial charge on any atom is -0.394 e. The van der Waals surface area contributed by atoms with Crippen molar-refractivity contribution in [1.29, 1.82) is 0 Å². The van der Waals surface area contributed by atoms with Gasteiger partial charge in [0.15, 0.2) is 0 Å². The minimum absolute atomic E-state index is 0.0476. The van der Waals surface area contributed by atoms with Gasteiger partial charge in [-0.1, -0.05) is 0 Å². The molecule has 2 aliphatic rings. The average Bonchev–Trinajstić information content (AvgIpc) is 3.04. The molecule has 2 fully saturated rings. The first-order valence-electron chi connectivity index (χ1n) is 8.46. The van der Waals surface area contributed by atoms with E-state index < -0.39 is 5.54 Å². The summed E-state index contributed by atoms with van der Waals surface area (Å²) >= 11 is 0. The monoisotopic (exact) mass is 320 g/mol. The lowest BCUT2D eigenvalue weighted by atomic mass is 9.74. The molecule has 0 bridgehead atoms. The van der Waals surface area contributed by atoms with Crippen LogP contribution in [0.15, 0.2) is 12.3 Å². The third kappa shape index (κ3) is 3.15. The number of hydrogen-bond acceptors (Lipinski definition) is 4. The van der Waals surface area contributed by atoms with Gasteiger partial charge in [0.25, 0.3) is 0 Å². The number of likely N-dealkylation sites (tertiary alicyclic amines) is 2. The van der Waals surface area contributed by atoms with Crippen molar-refractivity contribution in [1.82, 2.24) is 19.6 Å². The molecule has 3 rings (SSSR count). The molecular weight excluding hydrogens is 292 g/mol. The molecule has 0 radical (unpaired) electrons. The quantitative estimate of drug-likeness (QED) is 0.903. The van der Waals surface area contributed by atoms with Crippen LogP contribution < -0.4 is 0 Å². The number of rotatable bonds is 3. The Balaban J connectivity index is 1.63. The summed E-state index contributed by atoms with van der Waals surface area (Å²) in [4.78, 5) is 16.3. The van der Waals surface area contributed by atoms with Crippen LogP contribution in [0.4, 0.5) is 0 Å². The molecule has 1 unspecified atom stereocenters. The van der Waals surface area contributed by atoms with Crippen molar-refractivity contribution in [3.8, 4) is 0 Å². The standard InChI is InChI=1S/C17H28N4O2/c1-14(23)21-12-17(11-16(21,2)13-22)5-8-20(9-6-17)10-15-4-7-19(3)18-15/h4,7,22H,5-6,8-13H2,1-3H3. The van der Waals surface area contributed by atoms with Crippen LogP contribution >= 0.6 is 0 Å². The number of carbonyl (C=O) groups excluding carboxylic acids is 1. The molecule has 0 aliphatic carbocycles. The van der Waals surface area contributed by atoms with Gasteiger partial charge in [0.1, 0.15) is 0 Å². The highest BCUT2D eigenvalue weighted by molar-refractivity contribution is 5.74. The topological polar surface area (TPSA) is 61.6 Å². The van der Waals surface area contributed by atoms with E-state index in [1.165, 1.54) is 0 Å². The Morgan fingerprint density at radius 3 is 2.57 bits per heavy atom. The zero-order valence-electron chi connectivity index (χ0n) is 14.5. The normalized spacial score (nSPS) is 27.7. The number of carbonyl (C=O) groups is 1. The van der Waals surface area contributed by atoms with E-state index in [0.29, 0.717) is 0 Å². The van der Waals surface area contributed by atoms with Crippen LogP contribution in [0.5, 0.6) is 0 Å². The van der Waals surface area contributed by atoms with Gasteiger partial charge in [-0.3, -0.25) is 14.4 Å². The van der Waals surface area contributed by atoms with Gasteiger partial charge in [-0.15, -0.1) is 0 Å². The Hall–Kier alpha value is -1.40. The van der Waals surface area contributed by atoms with Crippen LogP contribution in [0.3, 0.4) is 0 Å². The largest absolute Gasteiger partial charge is 0.394 e. The lowest BCUT2D eigenvalue weighted by Gasteiger charge is -2.39. The molecule has 1 amide bonds. The van der Waals surface area contributed by atoms with Crippen LogP contribution in [0.2, 0.25) is 0 Å². The molecule has 0 aromatic carbocycles. The predicted molar refractivity (Wildman–Crippen MR) is 87.6 cm³/mol. The van der Waals surface area contributed by atoms with Gasteiger partial charge in [-0.05, 0) is 50.8 Å². The van der Waals surface area contributed by atoms with Gasteiger partial charge in [0.2, 0.25) is 5.91 Å². The van der Waals surface area contributed by atoms with Crippen molar-refractivity contribution in [3.63, 3.8) is 0 Å². The fourth-order valence-electron chi connectivity index (χ4n) is 4.42. The summed E-state index contributed by atoms with van der Waals surface area (Å²) in [6, 6.07) is 2.07. The first-order chi connectivity index (χ1) is 10.9. The minimum atomic E-state index is -0.394. The Kier molecular flexibility index (Phi) is 4.23. The van der Waals surface area contributed by atoms with Crippen molar-refractivity contribution in [2.75, 3.05) is 26.2 Å². The molecule has 1 aromatic heterocycles. The Morgan fingerprint density at radius 2 is 2.09 bits per heavy atom. The molecule has 1 spiro atoms. The zero-order valence-corrected chi connectivity index (χ0v) is 14.5. The van der Waals surface area contributed by atoms with E-state index in [1.54, 1.807) is 6.92 Å². The van der Waals surface area contributed by atoms with Gasteiger partial charge < -0.3 is 10.0 Å². The number of aliphatic hydroxyl groups is 1. The molecule has 1 aromatic rings. The van der Waals surface area contributed by atoms with Crippen molar-refractivity contribution < 1.29 is 9.90 Å². The number of hydrogen-bond donors (Lipinski definition) is 1. The second kappa shape index (κ2) is 5.91. The zero-order chi connectivity index (χ0) is 16.7. The second-order valence-corrected chi connectivity index (χ2v) is 7.69. The van der Waals surface area contributed by atoms with Crippen molar-refractivity contribution in [3.05, 3.63) is 18.0 Å². The molecule has 128 valence electrons. The predicted octanol–water partition coefficient (Wildman–Crippen LogP) is 1.01. The van der Waals surface area contributed by atoms with Gasteiger partial charge in [0.05, 0.1) is 17.8 Å². The van der Waals surface area contributed by atoms with Crippen LogP contribution in [0.25, 0.3) is 0 Å². The summed E-state index contributed by atoms with van der Waals surface area (Å²) in [6.45, 7) is 7.42. The molecule has 23 heavy (non-hydrogen) atoms. The maximum atomic E-state index is 11.9. The van der Waals surface area contributed by atoms with Gasteiger partial charge in [0, 0.05) is 33.3 Å². The van der Waals surface area contributed by atoms with Gasteiger partial charge in [-0.25, -0.2) is 0 Å². The highest BCUT2D eigenvalue weighted by atomic mass is 16.3. The van der Waals surface area contributed by atoms with Crippen LogP contribution in [0, 0.1) is 5.41 Å². The van der Waals surface area contributed by atoms with Crippen molar-refractivity contribution >= 4 is 5.91 Å². The Labute approximate surface area is 138 Å². The molecule has 3 heterocycles. The third-order valence-corrected chi connectivity index (χ3v) is 5.69. The number of piperidine rings is 1.